The third-order valence-electron chi connectivity index (χ3n) is 3.47. The van der Waals surface area contributed by atoms with Gasteiger partial charge in [-0.25, -0.2) is 4.39 Å². The molecule has 4 nitrogen and oxygen atoms in total. The Morgan fingerprint density at radius 2 is 1.95 bits per heavy atom. The fourth-order valence-electron chi connectivity index (χ4n) is 2.46. The maximum atomic E-state index is 13.6. The molecule has 0 amide bonds. The highest BCUT2D eigenvalue weighted by atomic mass is 19.1. The van der Waals surface area contributed by atoms with Gasteiger partial charge in [0.1, 0.15) is 5.82 Å². The van der Waals surface area contributed by atoms with E-state index < -0.39 is 0 Å². The third-order valence-corrected chi connectivity index (χ3v) is 3.47. The monoisotopic (exact) mass is 261 g/mol. The van der Waals surface area contributed by atoms with Gasteiger partial charge in [0.05, 0.1) is 5.56 Å². The van der Waals surface area contributed by atoms with Crippen LogP contribution in [0.2, 0.25) is 0 Å². The average molecular weight is 261 g/mol. The van der Waals surface area contributed by atoms with E-state index in [0.29, 0.717) is 17.6 Å². The Morgan fingerprint density at radius 3 is 2.74 bits per heavy atom. The van der Waals surface area contributed by atoms with Crippen molar-refractivity contribution in [2.45, 2.75) is 38.1 Å². The Morgan fingerprint density at radius 1 is 1.16 bits per heavy atom. The van der Waals surface area contributed by atoms with Crippen molar-refractivity contribution in [1.82, 2.24) is 10.1 Å². The van der Waals surface area contributed by atoms with Crippen molar-refractivity contribution < 1.29 is 8.91 Å². The normalized spacial score (nSPS) is 16.5. The standard InChI is InChI=1S/C14H16FN3O/c15-12-9-5-4-8-11(12)13-17-14(19-18-13)16-10-6-2-1-3-7-10/h4-5,8-10H,1-3,6-7H2,(H,16,17,18). The second kappa shape index (κ2) is 5.38. The predicted octanol–water partition coefficient (Wildman–Crippen LogP) is 3.62. The summed E-state index contributed by atoms with van der Waals surface area (Å²) in [6.07, 6.45) is 6.00. The number of hydrogen-bond donors (Lipinski definition) is 1. The number of nitrogens with zero attached hydrogens (tertiary/aromatic N) is 2. The van der Waals surface area contributed by atoms with E-state index in [2.05, 4.69) is 15.5 Å². The first kappa shape index (κ1) is 12.1. The fourth-order valence-corrected chi connectivity index (χ4v) is 2.46. The summed E-state index contributed by atoms with van der Waals surface area (Å²) < 4.78 is 18.7. The first-order valence-corrected chi connectivity index (χ1v) is 6.68. The number of nitrogens with one attached hydrogen (secondary N) is 1. The second-order valence-electron chi connectivity index (χ2n) is 4.88. The molecule has 1 aromatic carbocycles. The lowest BCUT2D eigenvalue weighted by atomic mass is 9.96. The summed E-state index contributed by atoms with van der Waals surface area (Å²) in [5, 5.41) is 7.05. The minimum atomic E-state index is -0.340. The fraction of sp³-hybridized carbons (Fsp3) is 0.429. The van der Waals surface area contributed by atoms with Gasteiger partial charge < -0.3 is 9.84 Å². The zero-order valence-electron chi connectivity index (χ0n) is 10.6. The molecule has 5 heteroatoms. The van der Waals surface area contributed by atoms with Crippen LogP contribution in [0.4, 0.5) is 10.4 Å². The van der Waals surface area contributed by atoms with Crippen LogP contribution in [0.3, 0.4) is 0 Å². The van der Waals surface area contributed by atoms with Crippen LogP contribution in [0, 0.1) is 5.82 Å². The third kappa shape index (κ3) is 2.75. The van der Waals surface area contributed by atoms with Crippen molar-refractivity contribution in [3.63, 3.8) is 0 Å². The summed E-state index contributed by atoms with van der Waals surface area (Å²) in [5.41, 5.74) is 0.364. The van der Waals surface area contributed by atoms with Gasteiger partial charge in [0.25, 0.3) is 0 Å². The van der Waals surface area contributed by atoms with Crippen molar-refractivity contribution in [2.24, 2.45) is 0 Å². The van der Waals surface area contributed by atoms with Gasteiger partial charge in [-0.1, -0.05) is 36.6 Å². The van der Waals surface area contributed by atoms with Crippen LogP contribution in [-0.2, 0) is 0 Å². The van der Waals surface area contributed by atoms with Crippen molar-refractivity contribution in [3.05, 3.63) is 30.1 Å². The molecule has 100 valence electrons. The molecule has 1 aliphatic carbocycles. The summed E-state index contributed by atoms with van der Waals surface area (Å²) in [4.78, 5) is 4.21. The molecule has 1 N–H and O–H groups in total. The molecule has 1 aliphatic rings. The topological polar surface area (TPSA) is 51.0 Å². The molecule has 1 heterocycles. The van der Waals surface area contributed by atoms with Crippen LogP contribution in [-0.4, -0.2) is 16.2 Å². The van der Waals surface area contributed by atoms with Crippen LogP contribution >= 0.6 is 0 Å². The number of anilines is 1. The Bertz CT molecular complexity index is 549. The molecule has 0 spiro atoms. The van der Waals surface area contributed by atoms with Gasteiger partial charge in [-0.15, -0.1) is 0 Å². The number of rotatable bonds is 3. The second-order valence-corrected chi connectivity index (χ2v) is 4.88. The van der Waals surface area contributed by atoms with Crippen molar-refractivity contribution >= 4 is 6.01 Å². The SMILES string of the molecule is Fc1ccccc1-c1noc(NC2CCCCC2)n1. The lowest BCUT2D eigenvalue weighted by Crippen LogP contribution is -2.22. The lowest BCUT2D eigenvalue weighted by molar-refractivity contribution is 0.407. The quantitative estimate of drug-likeness (QED) is 0.916. The zero-order valence-corrected chi connectivity index (χ0v) is 10.6. The number of hydrogen-bond acceptors (Lipinski definition) is 4. The van der Waals surface area contributed by atoms with E-state index in [0.717, 1.165) is 12.8 Å². The summed E-state index contributed by atoms with van der Waals surface area (Å²) in [7, 11) is 0. The van der Waals surface area contributed by atoms with Crippen LogP contribution < -0.4 is 5.32 Å². The first-order chi connectivity index (χ1) is 9.33. The molecule has 0 bridgehead atoms. The van der Waals surface area contributed by atoms with Crippen LogP contribution in [0.25, 0.3) is 11.4 Å². The molecule has 0 saturated heterocycles. The summed E-state index contributed by atoms with van der Waals surface area (Å²) in [6, 6.07) is 7.20. The first-order valence-electron chi connectivity index (χ1n) is 6.68. The minimum Gasteiger partial charge on any atom is -0.335 e. The molecule has 0 atom stereocenters. The van der Waals surface area contributed by atoms with E-state index in [1.54, 1.807) is 18.2 Å². The number of halogens is 1. The van der Waals surface area contributed by atoms with Gasteiger partial charge in [0.2, 0.25) is 5.82 Å². The molecule has 1 fully saturated rings. The van der Waals surface area contributed by atoms with Crippen molar-refractivity contribution in [1.29, 1.82) is 0 Å². The molecule has 0 radical (unpaired) electrons. The molecular weight excluding hydrogens is 245 g/mol. The van der Waals surface area contributed by atoms with E-state index in [-0.39, 0.29) is 11.6 Å². The Hall–Kier alpha value is -1.91. The maximum absolute atomic E-state index is 13.6. The molecule has 0 unspecified atom stereocenters. The highest BCUT2D eigenvalue weighted by Gasteiger charge is 2.17. The van der Waals surface area contributed by atoms with Crippen molar-refractivity contribution in [3.8, 4) is 11.4 Å². The maximum Gasteiger partial charge on any atom is 0.322 e. The molecule has 2 aromatic rings. The van der Waals surface area contributed by atoms with E-state index >= 15 is 0 Å². The number of aromatic nitrogens is 2. The van der Waals surface area contributed by atoms with Gasteiger partial charge >= 0.3 is 6.01 Å². The molecular formula is C14H16FN3O. The molecule has 1 aromatic heterocycles. The summed E-state index contributed by atoms with van der Waals surface area (Å²) >= 11 is 0. The summed E-state index contributed by atoms with van der Waals surface area (Å²) in [5.74, 6) is -0.0519. The van der Waals surface area contributed by atoms with E-state index in [1.807, 2.05) is 0 Å². The van der Waals surface area contributed by atoms with E-state index in [4.69, 9.17) is 4.52 Å². The highest BCUT2D eigenvalue weighted by Crippen LogP contribution is 2.24. The Labute approximate surface area is 111 Å². The Balaban J connectivity index is 1.74. The molecule has 3 rings (SSSR count). The van der Waals surface area contributed by atoms with Gasteiger partial charge in [-0.3, -0.25) is 0 Å². The Kier molecular flexibility index (Phi) is 3.44. The molecule has 19 heavy (non-hydrogen) atoms. The van der Waals surface area contributed by atoms with Crippen LogP contribution in [0.15, 0.2) is 28.8 Å². The van der Waals surface area contributed by atoms with E-state index in [1.165, 1.54) is 25.3 Å². The molecule has 0 aliphatic heterocycles. The summed E-state index contributed by atoms with van der Waals surface area (Å²) in [6.45, 7) is 0. The average Bonchev–Trinajstić information content (AvgIpc) is 2.89. The van der Waals surface area contributed by atoms with Gasteiger partial charge in [0, 0.05) is 6.04 Å². The lowest BCUT2D eigenvalue weighted by Gasteiger charge is -2.21. The van der Waals surface area contributed by atoms with E-state index in [9.17, 15) is 4.39 Å². The largest absolute Gasteiger partial charge is 0.335 e. The number of benzene rings is 1. The minimum absolute atomic E-state index is 0.288. The highest BCUT2D eigenvalue weighted by molar-refractivity contribution is 5.56. The zero-order chi connectivity index (χ0) is 13.1. The predicted molar refractivity (Wildman–Crippen MR) is 70.2 cm³/mol. The van der Waals surface area contributed by atoms with Gasteiger partial charge in [0.15, 0.2) is 0 Å². The van der Waals surface area contributed by atoms with Gasteiger partial charge in [-0.05, 0) is 25.0 Å². The van der Waals surface area contributed by atoms with Crippen molar-refractivity contribution in [2.75, 3.05) is 5.32 Å². The van der Waals surface area contributed by atoms with Crippen LogP contribution in [0.5, 0.6) is 0 Å². The smallest absolute Gasteiger partial charge is 0.322 e. The van der Waals surface area contributed by atoms with Crippen LogP contribution in [0.1, 0.15) is 32.1 Å². The molecule has 1 saturated carbocycles. The van der Waals surface area contributed by atoms with Gasteiger partial charge in [-0.2, -0.15) is 4.98 Å².